The Hall–Kier alpha value is -3.08. The second-order valence-electron chi connectivity index (χ2n) is 7.98. The van der Waals surface area contributed by atoms with Crippen molar-refractivity contribution < 1.29 is 14.3 Å². The van der Waals surface area contributed by atoms with Gasteiger partial charge < -0.3 is 15.2 Å². The molecule has 0 aliphatic carbocycles. The van der Waals surface area contributed by atoms with Gasteiger partial charge in [-0.25, -0.2) is 4.99 Å². The molecule has 0 spiro atoms. The Labute approximate surface area is 186 Å². The van der Waals surface area contributed by atoms with Gasteiger partial charge in [-0.05, 0) is 61.2 Å². The first-order valence-electron chi connectivity index (χ1n) is 10.0. The molecule has 2 N–H and O–H groups in total. The number of rotatable bonds is 3. The summed E-state index contributed by atoms with van der Waals surface area (Å²) in [6.07, 6.45) is 2.17. The summed E-state index contributed by atoms with van der Waals surface area (Å²) in [5, 5.41) is 9.78. The molecule has 0 aromatic heterocycles. The largest absolute Gasteiger partial charge is 0.487 e. The van der Waals surface area contributed by atoms with Gasteiger partial charge in [0.25, 0.3) is 0 Å². The van der Waals surface area contributed by atoms with Gasteiger partial charge in [0.05, 0.1) is 11.6 Å². The van der Waals surface area contributed by atoms with Crippen molar-refractivity contribution in [3.8, 4) is 22.9 Å². The molecule has 1 saturated heterocycles. The SMILES string of the molecule is CN(C=O)C(N)=N[C@H]1c2cc(-c3cc(Cl)cc(C#N)c3)ccc2O[C@H]2CCCO[C@@]21C. The molecule has 2 aromatic carbocycles. The van der Waals surface area contributed by atoms with Crippen molar-refractivity contribution in [2.24, 2.45) is 10.7 Å². The van der Waals surface area contributed by atoms with Crippen LogP contribution < -0.4 is 10.5 Å². The summed E-state index contributed by atoms with van der Waals surface area (Å²) in [4.78, 5) is 17.1. The van der Waals surface area contributed by atoms with Crippen LogP contribution in [-0.4, -0.2) is 42.6 Å². The zero-order valence-corrected chi connectivity index (χ0v) is 18.1. The van der Waals surface area contributed by atoms with Crippen LogP contribution in [0.2, 0.25) is 5.02 Å². The summed E-state index contributed by atoms with van der Waals surface area (Å²) in [6.45, 7) is 2.57. The zero-order valence-electron chi connectivity index (χ0n) is 17.3. The van der Waals surface area contributed by atoms with Gasteiger partial charge in [0, 0.05) is 24.2 Å². The van der Waals surface area contributed by atoms with Crippen molar-refractivity contribution in [1.82, 2.24) is 4.90 Å². The van der Waals surface area contributed by atoms with E-state index in [0.717, 1.165) is 29.5 Å². The Morgan fingerprint density at radius 3 is 2.90 bits per heavy atom. The van der Waals surface area contributed by atoms with Gasteiger partial charge in [0.15, 0.2) is 5.96 Å². The highest BCUT2D eigenvalue weighted by atomic mass is 35.5. The van der Waals surface area contributed by atoms with E-state index >= 15 is 0 Å². The average molecular weight is 439 g/mol. The molecule has 8 heteroatoms. The summed E-state index contributed by atoms with van der Waals surface area (Å²) in [7, 11) is 1.55. The van der Waals surface area contributed by atoms with E-state index in [-0.39, 0.29) is 12.1 Å². The molecule has 2 aromatic rings. The molecule has 31 heavy (non-hydrogen) atoms. The van der Waals surface area contributed by atoms with E-state index in [2.05, 4.69) is 6.07 Å². The first-order chi connectivity index (χ1) is 14.9. The fourth-order valence-corrected chi connectivity index (χ4v) is 4.41. The quantitative estimate of drug-likeness (QED) is 0.447. The van der Waals surface area contributed by atoms with Crippen LogP contribution >= 0.6 is 11.6 Å². The van der Waals surface area contributed by atoms with Crippen LogP contribution in [0, 0.1) is 11.3 Å². The third kappa shape index (κ3) is 3.85. The van der Waals surface area contributed by atoms with E-state index in [0.29, 0.717) is 29.4 Å². The number of halogens is 1. The maximum atomic E-state index is 11.2. The lowest BCUT2D eigenvalue weighted by Gasteiger charge is -2.48. The molecule has 2 aliphatic rings. The van der Waals surface area contributed by atoms with Crippen molar-refractivity contribution >= 4 is 24.0 Å². The fourth-order valence-electron chi connectivity index (χ4n) is 4.18. The Balaban J connectivity index is 1.86. The van der Waals surface area contributed by atoms with Crippen molar-refractivity contribution in [2.45, 2.75) is 37.5 Å². The van der Waals surface area contributed by atoms with Gasteiger partial charge in [0.2, 0.25) is 6.41 Å². The van der Waals surface area contributed by atoms with Gasteiger partial charge >= 0.3 is 0 Å². The van der Waals surface area contributed by atoms with Crippen LogP contribution in [0.4, 0.5) is 0 Å². The van der Waals surface area contributed by atoms with Crippen LogP contribution in [-0.2, 0) is 9.53 Å². The van der Waals surface area contributed by atoms with Gasteiger partial charge in [-0.3, -0.25) is 9.69 Å². The lowest BCUT2D eigenvalue weighted by Crippen LogP contribution is -2.55. The standard InChI is InChI=1S/C23H23ClN4O3/c1-23-20(4-3-7-30-23)31-19-6-5-15(16-8-14(12-25)9-17(24)10-16)11-18(19)21(23)27-22(26)28(2)13-29/h5-6,8-11,13,20-21H,3-4,7H2,1-2H3,(H2,26,27)/t20-,21-,23-/m0/s1. The second kappa shape index (κ2) is 8.22. The lowest BCUT2D eigenvalue weighted by molar-refractivity contribution is -0.156. The molecule has 2 heterocycles. The highest BCUT2D eigenvalue weighted by Crippen LogP contribution is 2.49. The Morgan fingerprint density at radius 1 is 1.35 bits per heavy atom. The monoisotopic (exact) mass is 438 g/mol. The highest BCUT2D eigenvalue weighted by Gasteiger charge is 2.51. The molecule has 2 aliphatic heterocycles. The molecular weight excluding hydrogens is 416 g/mol. The molecule has 3 atom stereocenters. The van der Waals surface area contributed by atoms with E-state index in [4.69, 9.17) is 31.8 Å². The number of nitrogens with zero attached hydrogens (tertiary/aromatic N) is 3. The van der Waals surface area contributed by atoms with Gasteiger partial charge in [-0.2, -0.15) is 5.26 Å². The molecule has 0 saturated carbocycles. The molecule has 1 fully saturated rings. The van der Waals surface area contributed by atoms with E-state index in [1.54, 1.807) is 19.2 Å². The third-order valence-electron chi connectivity index (χ3n) is 5.92. The van der Waals surface area contributed by atoms with E-state index in [1.807, 2.05) is 31.2 Å². The number of nitriles is 1. The van der Waals surface area contributed by atoms with Crippen molar-refractivity contribution in [1.29, 1.82) is 5.26 Å². The average Bonchev–Trinajstić information content (AvgIpc) is 2.77. The predicted octanol–water partition coefficient (Wildman–Crippen LogP) is 3.65. The second-order valence-corrected chi connectivity index (χ2v) is 8.42. The number of nitrogens with two attached hydrogens (primary N) is 1. The molecule has 4 rings (SSSR count). The normalized spacial score (nSPS) is 24.9. The summed E-state index contributed by atoms with van der Waals surface area (Å²) in [5.41, 5.74) is 8.32. The minimum absolute atomic E-state index is 0.0990. The maximum absolute atomic E-state index is 11.2. The number of hydrogen-bond donors (Lipinski definition) is 1. The minimum Gasteiger partial charge on any atom is -0.487 e. The Kier molecular flexibility index (Phi) is 5.61. The number of ether oxygens (including phenoxy) is 2. The van der Waals surface area contributed by atoms with Crippen LogP contribution in [0.5, 0.6) is 5.75 Å². The first kappa shape index (κ1) is 21.2. The van der Waals surface area contributed by atoms with Gasteiger partial charge in [-0.15, -0.1) is 0 Å². The molecular formula is C23H23ClN4O3. The topological polar surface area (TPSA) is 101 Å². The molecule has 160 valence electrons. The van der Waals surface area contributed by atoms with Crippen LogP contribution in [0.3, 0.4) is 0 Å². The predicted molar refractivity (Wildman–Crippen MR) is 118 cm³/mol. The minimum atomic E-state index is -0.732. The van der Waals surface area contributed by atoms with Crippen molar-refractivity contribution in [3.05, 3.63) is 52.5 Å². The highest BCUT2D eigenvalue weighted by molar-refractivity contribution is 6.31. The first-order valence-corrected chi connectivity index (χ1v) is 10.4. The molecule has 7 nitrogen and oxygen atoms in total. The number of carbonyl (C=O) groups excluding carboxylic acids is 1. The van der Waals surface area contributed by atoms with Crippen LogP contribution in [0.15, 0.2) is 41.4 Å². The Morgan fingerprint density at radius 2 is 2.16 bits per heavy atom. The van der Waals surface area contributed by atoms with Crippen LogP contribution in [0.1, 0.15) is 36.9 Å². The van der Waals surface area contributed by atoms with Crippen molar-refractivity contribution in [2.75, 3.05) is 13.7 Å². The summed E-state index contributed by atoms with van der Waals surface area (Å²) >= 11 is 6.21. The number of guanidine groups is 1. The fraction of sp³-hybridized carbons (Fsp3) is 0.348. The number of hydrogen-bond acceptors (Lipinski definition) is 5. The number of fused-ring (bicyclic) bond motifs is 2. The summed E-state index contributed by atoms with van der Waals surface area (Å²) in [6, 6.07) is 12.7. The van der Waals surface area contributed by atoms with E-state index in [9.17, 15) is 10.1 Å². The zero-order chi connectivity index (χ0) is 22.2. The number of amides is 1. The lowest BCUT2D eigenvalue weighted by atomic mass is 9.79. The third-order valence-corrected chi connectivity index (χ3v) is 6.14. The Bertz CT molecular complexity index is 1100. The molecule has 0 bridgehead atoms. The van der Waals surface area contributed by atoms with Gasteiger partial charge in [0.1, 0.15) is 23.5 Å². The number of benzene rings is 2. The van der Waals surface area contributed by atoms with Crippen molar-refractivity contribution in [3.63, 3.8) is 0 Å². The van der Waals surface area contributed by atoms with E-state index in [1.165, 1.54) is 4.90 Å². The molecule has 0 radical (unpaired) electrons. The number of aliphatic imine (C=N–C) groups is 1. The summed E-state index contributed by atoms with van der Waals surface area (Å²) in [5.74, 6) is 0.802. The molecule has 0 unspecified atom stereocenters. The maximum Gasteiger partial charge on any atom is 0.216 e. The van der Waals surface area contributed by atoms with Crippen LogP contribution in [0.25, 0.3) is 11.1 Å². The smallest absolute Gasteiger partial charge is 0.216 e. The number of carbonyl (C=O) groups is 1. The van der Waals surface area contributed by atoms with E-state index < -0.39 is 11.6 Å². The van der Waals surface area contributed by atoms with Gasteiger partial charge in [-0.1, -0.05) is 17.7 Å². The molecule has 1 amide bonds. The summed E-state index contributed by atoms with van der Waals surface area (Å²) < 4.78 is 12.5.